The Morgan fingerprint density at radius 2 is 2.08 bits per heavy atom. The van der Waals surface area contributed by atoms with Gasteiger partial charge in [-0.15, -0.1) is 6.42 Å². The van der Waals surface area contributed by atoms with E-state index in [2.05, 4.69) is 16.3 Å². The van der Waals surface area contributed by atoms with Crippen molar-refractivity contribution in [2.75, 3.05) is 12.3 Å². The summed E-state index contributed by atoms with van der Waals surface area (Å²) in [5.74, 6) is 2.51. The van der Waals surface area contributed by atoms with E-state index in [0.717, 1.165) is 28.0 Å². The molecule has 0 bridgehead atoms. The summed E-state index contributed by atoms with van der Waals surface area (Å²) >= 11 is 1.35. The second-order valence-corrected chi connectivity index (χ2v) is 6.55. The van der Waals surface area contributed by atoms with Crippen LogP contribution in [0, 0.1) is 26.2 Å². The summed E-state index contributed by atoms with van der Waals surface area (Å²) in [6.45, 7) is 4.22. The van der Waals surface area contributed by atoms with Crippen LogP contribution >= 0.6 is 11.8 Å². The van der Waals surface area contributed by atoms with Crippen LogP contribution in [0.15, 0.2) is 41.6 Å². The molecule has 1 amide bonds. The summed E-state index contributed by atoms with van der Waals surface area (Å²) < 4.78 is 1.83. The zero-order valence-corrected chi connectivity index (χ0v) is 14.9. The molecule has 0 aliphatic carbocycles. The second kappa shape index (κ2) is 7.41. The van der Waals surface area contributed by atoms with E-state index in [4.69, 9.17) is 11.4 Å². The van der Waals surface area contributed by atoms with Crippen LogP contribution in [0.5, 0.6) is 0 Å². The van der Waals surface area contributed by atoms with Crippen molar-refractivity contribution >= 4 is 23.2 Å². The molecule has 5 nitrogen and oxygen atoms in total. The second-order valence-electron chi connectivity index (χ2n) is 5.61. The third kappa shape index (κ3) is 3.67. The third-order valence-corrected chi connectivity index (χ3v) is 4.58. The van der Waals surface area contributed by atoms with Crippen molar-refractivity contribution in [3.05, 3.63) is 47.7 Å². The molecule has 0 saturated carbocycles. The maximum absolute atomic E-state index is 11.8. The summed E-state index contributed by atoms with van der Waals surface area (Å²) in [6, 6.07) is 12.0. The molecule has 0 spiro atoms. The van der Waals surface area contributed by atoms with Crippen LogP contribution in [0.2, 0.25) is 0 Å². The number of terminal acetylenes is 1. The van der Waals surface area contributed by atoms with Gasteiger partial charge in [0.2, 0.25) is 5.91 Å². The lowest BCUT2D eigenvalue weighted by atomic mass is 10.1. The Kier molecular flexibility index (Phi) is 5.05. The number of hydrogen-bond acceptors (Lipinski definition) is 4. The largest absolute Gasteiger partial charge is 0.344 e. The maximum Gasteiger partial charge on any atom is 0.231 e. The van der Waals surface area contributed by atoms with Gasteiger partial charge in [-0.2, -0.15) is 5.10 Å². The fraction of sp³-hybridized carbons (Fsp3) is 0.211. The summed E-state index contributed by atoms with van der Waals surface area (Å²) in [5.41, 5.74) is 4.86. The van der Waals surface area contributed by atoms with Crippen molar-refractivity contribution in [2.24, 2.45) is 0 Å². The Morgan fingerprint density at radius 1 is 1.32 bits per heavy atom. The van der Waals surface area contributed by atoms with Gasteiger partial charge >= 0.3 is 0 Å². The smallest absolute Gasteiger partial charge is 0.231 e. The van der Waals surface area contributed by atoms with Gasteiger partial charge in [0.1, 0.15) is 0 Å². The average molecular weight is 350 g/mol. The first-order valence-corrected chi connectivity index (χ1v) is 8.84. The minimum absolute atomic E-state index is 0.120. The molecule has 1 N–H and O–H groups in total. The van der Waals surface area contributed by atoms with Crippen molar-refractivity contribution in [3.63, 3.8) is 0 Å². The Balaban J connectivity index is 2.01. The molecule has 6 heteroatoms. The fourth-order valence-electron chi connectivity index (χ4n) is 2.63. The Labute approximate surface area is 150 Å². The molecule has 0 unspecified atom stereocenters. The SMILES string of the molecule is C#CCNC(=O)CSc1nc(-c2ccccc2)c2c(C)cc(C)nn12. The van der Waals surface area contributed by atoms with Gasteiger partial charge in [0.25, 0.3) is 0 Å². The van der Waals surface area contributed by atoms with Crippen molar-refractivity contribution in [1.29, 1.82) is 0 Å². The summed E-state index contributed by atoms with van der Waals surface area (Å²) in [4.78, 5) is 16.6. The lowest BCUT2D eigenvalue weighted by Gasteiger charge is -2.04. The number of thioether (sulfide) groups is 1. The van der Waals surface area contributed by atoms with E-state index < -0.39 is 0 Å². The molecule has 0 radical (unpaired) electrons. The van der Waals surface area contributed by atoms with Crippen LogP contribution in [0.25, 0.3) is 16.8 Å². The van der Waals surface area contributed by atoms with Crippen LogP contribution in [0.4, 0.5) is 0 Å². The predicted octanol–water partition coefficient (Wildman–Crippen LogP) is 2.85. The summed E-state index contributed by atoms with van der Waals surface area (Å²) in [6.07, 6.45) is 5.16. The van der Waals surface area contributed by atoms with Crippen molar-refractivity contribution in [3.8, 4) is 23.6 Å². The zero-order chi connectivity index (χ0) is 17.8. The Bertz CT molecular complexity index is 957. The van der Waals surface area contributed by atoms with Gasteiger partial charge < -0.3 is 5.32 Å². The number of fused-ring (bicyclic) bond motifs is 1. The van der Waals surface area contributed by atoms with Crippen molar-refractivity contribution in [2.45, 2.75) is 19.0 Å². The van der Waals surface area contributed by atoms with Gasteiger partial charge in [0.05, 0.1) is 29.2 Å². The molecule has 0 atom stereocenters. The molecule has 2 heterocycles. The van der Waals surface area contributed by atoms with Gasteiger partial charge in [-0.25, -0.2) is 9.50 Å². The van der Waals surface area contributed by atoms with E-state index in [1.807, 2.05) is 54.8 Å². The summed E-state index contributed by atoms with van der Waals surface area (Å²) in [7, 11) is 0. The van der Waals surface area contributed by atoms with Crippen molar-refractivity contribution in [1.82, 2.24) is 19.9 Å². The zero-order valence-electron chi connectivity index (χ0n) is 14.1. The molecule has 0 saturated heterocycles. The number of carbonyl (C=O) groups is 1. The lowest BCUT2D eigenvalue weighted by molar-refractivity contribution is -0.118. The highest BCUT2D eigenvalue weighted by Crippen LogP contribution is 2.30. The number of carbonyl (C=O) groups excluding carboxylic acids is 1. The minimum Gasteiger partial charge on any atom is -0.344 e. The molecule has 25 heavy (non-hydrogen) atoms. The lowest BCUT2D eigenvalue weighted by Crippen LogP contribution is -2.25. The topological polar surface area (TPSA) is 59.3 Å². The molecule has 126 valence electrons. The van der Waals surface area contributed by atoms with Crippen LogP contribution in [0.3, 0.4) is 0 Å². The molecule has 3 rings (SSSR count). The van der Waals surface area contributed by atoms with E-state index in [1.54, 1.807) is 0 Å². The number of benzene rings is 1. The normalized spacial score (nSPS) is 10.6. The highest BCUT2D eigenvalue weighted by Gasteiger charge is 2.17. The number of hydrogen-bond donors (Lipinski definition) is 1. The van der Waals surface area contributed by atoms with Crippen LogP contribution < -0.4 is 5.32 Å². The van der Waals surface area contributed by atoms with Crippen LogP contribution in [-0.2, 0) is 4.79 Å². The average Bonchev–Trinajstić information content (AvgIpc) is 2.97. The molecule has 0 aliphatic rings. The predicted molar refractivity (Wildman–Crippen MR) is 100 cm³/mol. The van der Waals surface area contributed by atoms with Crippen LogP contribution in [-0.4, -0.2) is 32.8 Å². The highest BCUT2D eigenvalue weighted by molar-refractivity contribution is 7.99. The highest BCUT2D eigenvalue weighted by atomic mass is 32.2. The number of nitrogens with zero attached hydrogens (tertiary/aromatic N) is 3. The van der Waals surface area contributed by atoms with Gasteiger partial charge in [-0.1, -0.05) is 48.0 Å². The molecule has 3 aromatic rings. The van der Waals surface area contributed by atoms with Gasteiger partial charge in [0, 0.05) is 5.56 Å². The Morgan fingerprint density at radius 3 is 2.80 bits per heavy atom. The molecular formula is C19H18N4OS. The molecule has 1 aromatic carbocycles. The standard InChI is InChI=1S/C19H18N4OS/c1-4-10-20-16(24)12-25-19-21-17(15-8-6-5-7-9-15)18-13(2)11-14(3)22-23(18)19/h1,5-9,11H,10,12H2,2-3H3,(H,20,24). The number of nitrogens with one attached hydrogen (secondary N) is 1. The molecule has 0 fully saturated rings. The number of aromatic nitrogens is 3. The maximum atomic E-state index is 11.8. The fourth-order valence-corrected chi connectivity index (χ4v) is 3.40. The number of aryl methyl sites for hydroxylation is 2. The van der Waals surface area contributed by atoms with E-state index >= 15 is 0 Å². The minimum atomic E-state index is -0.120. The van der Waals surface area contributed by atoms with E-state index in [0.29, 0.717) is 5.16 Å². The quantitative estimate of drug-likeness (QED) is 0.568. The molecule has 2 aromatic heterocycles. The first-order valence-electron chi connectivity index (χ1n) is 7.85. The van der Waals surface area contributed by atoms with Gasteiger partial charge in [-0.3, -0.25) is 4.79 Å². The first kappa shape index (κ1) is 17.1. The first-order chi connectivity index (χ1) is 12.1. The number of imidazole rings is 1. The van der Waals surface area contributed by atoms with E-state index in [9.17, 15) is 4.79 Å². The molecule has 0 aliphatic heterocycles. The monoisotopic (exact) mass is 350 g/mol. The van der Waals surface area contributed by atoms with Gasteiger partial charge in [0.15, 0.2) is 5.16 Å². The van der Waals surface area contributed by atoms with E-state index in [1.165, 1.54) is 11.8 Å². The third-order valence-electron chi connectivity index (χ3n) is 3.65. The number of amides is 1. The number of rotatable bonds is 5. The van der Waals surface area contributed by atoms with E-state index in [-0.39, 0.29) is 18.2 Å². The van der Waals surface area contributed by atoms with Crippen molar-refractivity contribution < 1.29 is 4.79 Å². The summed E-state index contributed by atoms with van der Waals surface area (Å²) in [5, 5.41) is 7.94. The Hall–Kier alpha value is -2.78. The van der Waals surface area contributed by atoms with Crippen LogP contribution in [0.1, 0.15) is 11.3 Å². The molecular weight excluding hydrogens is 332 g/mol. The van der Waals surface area contributed by atoms with Gasteiger partial charge in [-0.05, 0) is 25.5 Å².